The minimum absolute atomic E-state index is 0.469. The van der Waals surface area contributed by atoms with E-state index in [2.05, 4.69) is 24.3 Å². The lowest BCUT2D eigenvalue weighted by molar-refractivity contribution is 0.408. The number of allylic oxidation sites excluding steroid dienone is 7. The van der Waals surface area contributed by atoms with Gasteiger partial charge in [0.1, 0.15) is 22.2 Å². The van der Waals surface area contributed by atoms with Gasteiger partial charge in [0.2, 0.25) is 0 Å². The summed E-state index contributed by atoms with van der Waals surface area (Å²) in [6.07, 6.45) is 14.3. The highest BCUT2D eigenvalue weighted by atomic mass is 32.2. The van der Waals surface area contributed by atoms with Crippen molar-refractivity contribution in [2.75, 3.05) is 11.5 Å². The second kappa shape index (κ2) is 4.17. The van der Waals surface area contributed by atoms with E-state index in [1.165, 1.54) is 24.3 Å². The number of aliphatic hydroxyl groups is 1. The van der Waals surface area contributed by atoms with Crippen molar-refractivity contribution >= 4 is 10.9 Å². The molecule has 1 aliphatic heterocycles. The molecule has 0 amide bonds. The van der Waals surface area contributed by atoms with E-state index in [-0.39, 0.29) is 0 Å². The molecule has 1 fully saturated rings. The second-order valence-corrected chi connectivity index (χ2v) is 6.84. The zero-order valence-electron chi connectivity index (χ0n) is 9.36. The zero-order valence-corrected chi connectivity index (χ0v) is 10.2. The van der Waals surface area contributed by atoms with Crippen LogP contribution in [0.2, 0.25) is 0 Å². The van der Waals surface area contributed by atoms with Crippen molar-refractivity contribution in [1.29, 1.82) is 0 Å². The molecule has 0 radical (unpaired) electrons. The maximum absolute atomic E-state index is 9.88. The summed E-state index contributed by atoms with van der Waals surface area (Å²) >= 11 is 0. The van der Waals surface area contributed by atoms with Crippen LogP contribution >= 0.6 is 0 Å². The van der Waals surface area contributed by atoms with Gasteiger partial charge in [-0.1, -0.05) is 18.2 Å². The number of hydrogen-bond acceptors (Lipinski definition) is 1. The van der Waals surface area contributed by atoms with Crippen molar-refractivity contribution in [1.82, 2.24) is 0 Å². The van der Waals surface area contributed by atoms with Crippen LogP contribution in [0.15, 0.2) is 46.6 Å². The molecule has 0 saturated carbocycles. The highest BCUT2D eigenvalue weighted by molar-refractivity contribution is 8.00. The summed E-state index contributed by atoms with van der Waals surface area (Å²) in [5, 5.41) is 9.88. The van der Waals surface area contributed by atoms with Crippen molar-refractivity contribution in [3.05, 3.63) is 46.6 Å². The standard InChI is InChI=1S/C14H16OS/c15-13-7-8-14(16-9-3-4-10-16)12-6-2-1-5-11(12)13/h1-2,5,7-8,12H,3-4,6,9-10H2/p+1. The van der Waals surface area contributed by atoms with Crippen LogP contribution in [0.4, 0.5) is 0 Å². The molecule has 1 heterocycles. The van der Waals surface area contributed by atoms with Crippen LogP contribution in [-0.2, 0) is 10.9 Å². The minimum atomic E-state index is 0.469. The lowest BCUT2D eigenvalue weighted by Gasteiger charge is -2.24. The molecule has 0 aromatic carbocycles. The molecule has 16 heavy (non-hydrogen) atoms. The predicted octanol–water partition coefficient (Wildman–Crippen LogP) is 3.24. The quantitative estimate of drug-likeness (QED) is 0.689. The highest BCUT2D eigenvalue weighted by Crippen LogP contribution is 2.40. The second-order valence-electron chi connectivity index (χ2n) is 4.57. The molecule has 3 rings (SSSR count). The number of aliphatic hydroxyl groups excluding tert-OH is 1. The summed E-state index contributed by atoms with van der Waals surface area (Å²) in [6.45, 7) is 0. The highest BCUT2D eigenvalue weighted by Gasteiger charge is 2.38. The topological polar surface area (TPSA) is 20.2 Å². The summed E-state index contributed by atoms with van der Waals surface area (Å²) in [4.78, 5) is 1.59. The number of fused-ring (bicyclic) bond motifs is 1. The molecule has 3 aliphatic rings. The Labute approximate surface area is 99.6 Å². The van der Waals surface area contributed by atoms with Gasteiger partial charge in [-0.05, 0) is 31.4 Å². The average molecular weight is 233 g/mol. The van der Waals surface area contributed by atoms with Crippen molar-refractivity contribution in [3.63, 3.8) is 0 Å². The van der Waals surface area contributed by atoms with Crippen LogP contribution in [0.5, 0.6) is 0 Å². The Morgan fingerprint density at radius 2 is 1.94 bits per heavy atom. The fraction of sp³-hybridized carbons (Fsp3) is 0.429. The van der Waals surface area contributed by atoms with Gasteiger partial charge in [-0.25, -0.2) is 0 Å². The van der Waals surface area contributed by atoms with E-state index < -0.39 is 0 Å². The van der Waals surface area contributed by atoms with Crippen molar-refractivity contribution in [3.8, 4) is 0 Å². The van der Waals surface area contributed by atoms with E-state index in [9.17, 15) is 5.11 Å². The van der Waals surface area contributed by atoms with Gasteiger partial charge in [-0.15, -0.1) is 0 Å². The Morgan fingerprint density at radius 3 is 2.75 bits per heavy atom. The predicted molar refractivity (Wildman–Crippen MR) is 70.5 cm³/mol. The van der Waals surface area contributed by atoms with E-state index in [1.54, 1.807) is 4.91 Å². The van der Waals surface area contributed by atoms with E-state index in [0.29, 0.717) is 22.6 Å². The number of hydrogen-bond donors (Lipinski definition) is 1. The molecule has 1 nitrogen and oxygen atoms in total. The molecular formula is C14H17OS+. The molecule has 2 heteroatoms. The Hall–Kier alpha value is -0.890. The molecule has 0 aromatic rings. The first-order chi connectivity index (χ1) is 7.86. The largest absolute Gasteiger partial charge is 0.508 e. The average Bonchev–Trinajstić information content (AvgIpc) is 2.83. The monoisotopic (exact) mass is 233 g/mol. The van der Waals surface area contributed by atoms with Crippen molar-refractivity contribution in [2.45, 2.75) is 19.3 Å². The summed E-state index contributed by atoms with van der Waals surface area (Å²) in [5.74, 6) is 3.68. The van der Waals surface area contributed by atoms with Gasteiger partial charge in [0, 0.05) is 16.5 Å². The molecule has 1 unspecified atom stereocenters. The third-order valence-corrected chi connectivity index (χ3v) is 6.22. The molecule has 1 atom stereocenters. The smallest absolute Gasteiger partial charge is 0.139 e. The fourth-order valence-corrected chi connectivity index (χ4v) is 5.39. The summed E-state index contributed by atoms with van der Waals surface area (Å²) in [6, 6.07) is 0. The van der Waals surface area contributed by atoms with Gasteiger partial charge in [0.25, 0.3) is 0 Å². The molecular weight excluding hydrogens is 216 g/mol. The molecule has 0 bridgehead atoms. The Morgan fingerprint density at radius 1 is 1.12 bits per heavy atom. The van der Waals surface area contributed by atoms with E-state index in [0.717, 1.165) is 12.0 Å². The SMILES string of the molecule is OC1=CC=C([S+]2CCCC2)C2CC=CC=C12. The van der Waals surface area contributed by atoms with Crippen molar-refractivity contribution in [2.24, 2.45) is 5.92 Å². The van der Waals surface area contributed by atoms with Crippen LogP contribution in [0.3, 0.4) is 0 Å². The maximum Gasteiger partial charge on any atom is 0.139 e. The maximum atomic E-state index is 9.88. The van der Waals surface area contributed by atoms with Gasteiger partial charge in [0.05, 0.1) is 5.92 Å². The summed E-state index contributed by atoms with van der Waals surface area (Å²) < 4.78 is 0. The first-order valence-corrected chi connectivity index (χ1v) is 7.58. The number of rotatable bonds is 1. The summed E-state index contributed by atoms with van der Waals surface area (Å²) in [7, 11) is 0.484. The van der Waals surface area contributed by atoms with E-state index in [1.807, 2.05) is 6.08 Å². The van der Waals surface area contributed by atoms with Crippen LogP contribution in [0.25, 0.3) is 0 Å². The van der Waals surface area contributed by atoms with Gasteiger partial charge in [-0.3, -0.25) is 0 Å². The lowest BCUT2D eigenvalue weighted by Crippen LogP contribution is -2.21. The molecule has 1 N–H and O–H groups in total. The van der Waals surface area contributed by atoms with Gasteiger partial charge >= 0.3 is 0 Å². The van der Waals surface area contributed by atoms with Crippen molar-refractivity contribution < 1.29 is 5.11 Å². The van der Waals surface area contributed by atoms with Crippen LogP contribution in [-0.4, -0.2) is 16.6 Å². The Balaban J connectivity index is 1.94. The van der Waals surface area contributed by atoms with Crippen LogP contribution < -0.4 is 0 Å². The van der Waals surface area contributed by atoms with E-state index >= 15 is 0 Å². The Bertz CT molecular complexity index is 408. The summed E-state index contributed by atoms with van der Waals surface area (Å²) in [5.41, 5.74) is 1.14. The Kier molecular flexibility index (Phi) is 2.68. The van der Waals surface area contributed by atoms with Gasteiger partial charge < -0.3 is 5.11 Å². The van der Waals surface area contributed by atoms with Crippen LogP contribution in [0, 0.1) is 5.92 Å². The minimum Gasteiger partial charge on any atom is -0.508 e. The molecule has 0 aromatic heterocycles. The molecule has 84 valence electrons. The molecule has 2 aliphatic carbocycles. The first-order valence-electron chi connectivity index (χ1n) is 6.01. The van der Waals surface area contributed by atoms with Gasteiger partial charge in [-0.2, -0.15) is 0 Å². The third kappa shape index (κ3) is 1.65. The third-order valence-electron chi connectivity index (χ3n) is 3.57. The normalized spacial score (nSPS) is 29.5. The molecule has 1 saturated heterocycles. The van der Waals surface area contributed by atoms with Crippen LogP contribution in [0.1, 0.15) is 19.3 Å². The first kappa shape index (κ1) is 10.3. The lowest BCUT2D eigenvalue weighted by atomic mass is 9.87. The fourth-order valence-electron chi connectivity index (χ4n) is 2.72. The molecule has 0 spiro atoms. The van der Waals surface area contributed by atoms with Gasteiger partial charge in [0.15, 0.2) is 0 Å². The zero-order chi connectivity index (χ0) is 11.0. The van der Waals surface area contributed by atoms with E-state index in [4.69, 9.17) is 0 Å².